The lowest BCUT2D eigenvalue weighted by Crippen LogP contribution is -2.76. The van der Waals surface area contributed by atoms with Gasteiger partial charge in [0.25, 0.3) is 0 Å². The Hall–Kier alpha value is -2.24. The van der Waals surface area contributed by atoms with Crippen molar-refractivity contribution in [3.05, 3.63) is 0 Å². The van der Waals surface area contributed by atoms with E-state index in [1.165, 1.54) is 19.3 Å². The lowest BCUT2D eigenvalue weighted by Gasteiger charge is -2.67. The molecule has 0 bridgehead atoms. The molecule has 0 aromatic carbocycles. The molecule has 3 heterocycles. The number of hydrogen-bond acceptors (Lipinski definition) is 7. The fraction of sp³-hybridized carbons (Fsp3) is 0.917. The van der Waals surface area contributed by atoms with Crippen LogP contribution in [0.4, 0.5) is 0 Å². The molecule has 0 aliphatic carbocycles. The average molecular weight is 834 g/mol. The summed E-state index contributed by atoms with van der Waals surface area (Å²) >= 11 is 0. The molecule has 3 fully saturated rings. The van der Waals surface area contributed by atoms with Crippen molar-refractivity contribution >= 4 is 23.9 Å². The zero-order valence-corrected chi connectivity index (χ0v) is 39.8. The third-order valence-electron chi connectivity index (χ3n) is 14.6. The largest absolute Gasteiger partial charge is 0.481 e. The Morgan fingerprint density at radius 3 is 1.08 bits per heavy atom. The Morgan fingerprint density at radius 1 is 0.475 bits per heavy atom. The van der Waals surface area contributed by atoms with Crippen LogP contribution in [0.15, 0.2) is 0 Å². The first-order valence-electron chi connectivity index (χ1n) is 23.0. The van der Waals surface area contributed by atoms with Crippen LogP contribution in [0.1, 0.15) is 206 Å². The lowest BCUT2D eigenvalue weighted by atomic mass is 9.35. The zero-order chi connectivity index (χ0) is 45.3. The maximum absolute atomic E-state index is 15.5. The van der Waals surface area contributed by atoms with Crippen LogP contribution < -0.4 is 16.0 Å². The molecule has 11 heteroatoms. The van der Waals surface area contributed by atoms with E-state index < -0.39 is 97.5 Å². The molecule has 11 nitrogen and oxygen atoms in total. The minimum absolute atomic E-state index is 0.0585. The van der Waals surface area contributed by atoms with Gasteiger partial charge in [0.2, 0.25) is 0 Å². The molecule has 0 saturated carbocycles. The minimum atomic E-state index is -2.55. The Morgan fingerprint density at radius 2 is 0.780 bits per heavy atom. The van der Waals surface area contributed by atoms with Crippen LogP contribution >= 0.6 is 0 Å². The summed E-state index contributed by atoms with van der Waals surface area (Å²) in [4.78, 5) is 59.3. The van der Waals surface area contributed by atoms with Gasteiger partial charge in [-0.1, -0.05) is 71.6 Å². The predicted octanol–water partition coefficient (Wildman–Crippen LogP) is 9.90. The van der Waals surface area contributed by atoms with Crippen molar-refractivity contribution in [3.8, 4) is 0 Å². The standard InChI is InChI=1S/C48H87N3O8/c1-32(2)23-21-19-17-15-16-18-20-22-24-46(37(54)55,33-25-40(3,4)49-41(5,6)26-33)48(39(58)59,35-29-44(11,12)51-45(13,14)30-35)47(38(56)57,31-36(52)53)34-27-42(7,8)50-43(9,10)28-34/h32-35,49-51H,15-31H2,1-14H3,(H,52,53)(H,54,55)(H,56,57)(H,58,59). The van der Waals surface area contributed by atoms with Crippen LogP contribution in [0.3, 0.4) is 0 Å². The van der Waals surface area contributed by atoms with E-state index in [1.54, 1.807) is 0 Å². The second kappa shape index (κ2) is 18.2. The normalized spacial score (nSPS) is 25.9. The van der Waals surface area contributed by atoms with E-state index >= 15 is 9.59 Å². The molecule has 7 N–H and O–H groups in total. The monoisotopic (exact) mass is 834 g/mol. The maximum atomic E-state index is 15.5. The highest BCUT2D eigenvalue weighted by Gasteiger charge is 2.81. The van der Waals surface area contributed by atoms with Crippen LogP contribution in [-0.4, -0.2) is 77.5 Å². The van der Waals surface area contributed by atoms with E-state index in [9.17, 15) is 30.0 Å². The maximum Gasteiger partial charge on any atom is 0.312 e. The summed E-state index contributed by atoms with van der Waals surface area (Å²) in [6, 6.07) is 0. The number of carbonyl (C=O) groups is 4. The van der Waals surface area contributed by atoms with Crippen molar-refractivity contribution in [2.24, 2.45) is 39.9 Å². The fourth-order valence-electron chi connectivity index (χ4n) is 14.1. The minimum Gasteiger partial charge on any atom is -0.481 e. The Balaban J connectivity index is 2.51. The number of rotatable bonds is 21. The number of aliphatic carboxylic acids is 4. The summed E-state index contributed by atoms with van der Waals surface area (Å²) in [5.74, 6) is -7.87. The van der Waals surface area contributed by atoms with Crippen LogP contribution in [0, 0.1) is 39.9 Å². The summed E-state index contributed by atoms with van der Waals surface area (Å²) in [5.41, 5.74) is -11.3. The van der Waals surface area contributed by atoms with Crippen LogP contribution in [0.25, 0.3) is 0 Å². The van der Waals surface area contributed by atoms with Gasteiger partial charge in [-0.05, 0) is 152 Å². The number of piperidine rings is 3. The lowest BCUT2D eigenvalue weighted by molar-refractivity contribution is -0.243. The van der Waals surface area contributed by atoms with Gasteiger partial charge in [-0.25, -0.2) is 0 Å². The van der Waals surface area contributed by atoms with Gasteiger partial charge in [0.05, 0.1) is 17.3 Å². The molecule has 3 atom stereocenters. The van der Waals surface area contributed by atoms with Gasteiger partial charge in [-0.15, -0.1) is 0 Å². The van der Waals surface area contributed by atoms with Gasteiger partial charge in [0.1, 0.15) is 5.41 Å². The van der Waals surface area contributed by atoms with Crippen molar-refractivity contribution in [2.75, 3.05) is 0 Å². The van der Waals surface area contributed by atoms with E-state index in [4.69, 9.17) is 0 Å². The van der Waals surface area contributed by atoms with Gasteiger partial charge in [-0.3, -0.25) is 19.2 Å². The number of hydrogen-bond donors (Lipinski definition) is 7. The molecule has 59 heavy (non-hydrogen) atoms. The molecule has 3 rings (SSSR count). The molecule has 3 unspecified atom stereocenters. The molecule has 3 aliphatic rings. The zero-order valence-electron chi connectivity index (χ0n) is 39.8. The summed E-state index contributed by atoms with van der Waals surface area (Å²) < 4.78 is 0. The molecule has 0 radical (unpaired) electrons. The fourth-order valence-corrected chi connectivity index (χ4v) is 14.1. The SMILES string of the molecule is CC(C)CCCCCCCCCCC(C(=O)O)(C1CC(C)(C)NC(C)(C)C1)C(C(=O)O)(C1CC(C)(C)NC(C)(C)C1)C(CC(=O)O)(C(=O)O)C1CC(C)(C)NC(C)(C)C1. The van der Waals surface area contributed by atoms with Gasteiger partial charge in [-0.2, -0.15) is 0 Å². The highest BCUT2D eigenvalue weighted by molar-refractivity contribution is 5.96. The van der Waals surface area contributed by atoms with Crippen molar-refractivity contribution < 1.29 is 39.6 Å². The second-order valence-corrected chi connectivity index (χ2v) is 24.0. The highest BCUT2D eigenvalue weighted by atomic mass is 16.4. The summed E-state index contributed by atoms with van der Waals surface area (Å²) in [6.07, 6.45) is 8.87. The summed E-state index contributed by atoms with van der Waals surface area (Å²) in [6.45, 7) is 28.1. The Labute approximate surface area is 357 Å². The van der Waals surface area contributed by atoms with E-state index in [-0.39, 0.29) is 44.9 Å². The van der Waals surface area contributed by atoms with Gasteiger partial charge >= 0.3 is 23.9 Å². The van der Waals surface area contributed by atoms with Crippen LogP contribution in [0.5, 0.6) is 0 Å². The van der Waals surface area contributed by atoms with Crippen molar-refractivity contribution in [1.29, 1.82) is 0 Å². The number of carboxylic acid groups (broad SMARTS) is 4. The van der Waals surface area contributed by atoms with E-state index in [2.05, 4.69) is 29.8 Å². The molecule has 0 spiro atoms. The molecule has 0 amide bonds. The smallest absolute Gasteiger partial charge is 0.312 e. The third-order valence-corrected chi connectivity index (χ3v) is 14.6. The third kappa shape index (κ3) is 11.4. The molecule has 342 valence electrons. The molecule has 3 saturated heterocycles. The van der Waals surface area contributed by atoms with Crippen LogP contribution in [-0.2, 0) is 19.2 Å². The molecule has 0 aromatic rings. The van der Waals surface area contributed by atoms with Gasteiger partial charge < -0.3 is 36.4 Å². The van der Waals surface area contributed by atoms with Crippen molar-refractivity contribution in [2.45, 2.75) is 239 Å². The summed E-state index contributed by atoms with van der Waals surface area (Å²) in [5, 5.41) is 59.2. The second-order valence-electron chi connectivity index (χ2n) is 24.0. The number of carboxylic acids is 4. The van der Waals surface area contributed by atoms with Crippen molar-refractivity contribution in [3.63, 3.8) is 0 Å². The van der Waals surface area contributed by atoms with Gasteiger partial charge in [0.15, 0.2) is 0 Å². The summed E-state index contributed by atoms with van der Waals surface area (Å²) in [7, 11) is 0. The first-order chi connectivity index (χ1) is 26.7. The quantitative estimate of drug-likeness (QED) is 0.0546. The predicted molar refractivity (Wildman–Crippen MR) is 236 cm³/mol. The van der Waals surface area contributed by atoms with Crippen LogP contribution in [0.2, 0.25) is 0 Å². The Bertz CT molecular complexity index is 1450. The molecule has 3 aliphatic heterocycles. The van der Waals surface area contributed by atoms with E-state index in [0.29, 0.717) is 18.8 Å². The first-order valence-corrected chi connectivity index (χ1v) is 23.0. The first kappa shape index (κ1) is 51.1. The Kier molecular flexibility index (Phi) is 15.8. The van der Waals surface area contributed by atoms with Crippen molar-refractivity contribution in [1.82, 2.24) is 16.0 Å². The molecular formula is C48H87N3O8. The number of unbranched alkanes of at least 4 members (excludes halogenated alkanes) is 7. The molecular weight excluding hydrogens is 747 g/mol. The number of nitrogens with one attached hydrogen (secondary N) is 3. The highest BCUT2D eigenvalue weighted by Crippen LogP contribution is 2.72. The van der Waals surface area contributed by atoms with E-state index in [0.717, 1.165) is 25.7 Å². The average Bonchev–Trinajstić information content (AvgIpc) is 2.99. The van der Waals surface area contributed by atoms with E-state index in [1.807, 2.05) is 83.1 Å². The topological polar surface area (TPSA) is 185 Å². The molecule has 0 aromatic heterocycles. The van der Waals surface area contributed by atoms with Gasteiger partial charge in [0, 0.05) is 33.2 Å².